The first-order chi connectivity index (χ1) is 14.1. The Labute approximate surface area is 183 Å². The SMILES string of the molecule is CC(C(=O)O)c1ccc(CN2CCC(F)(CNC(=O)c3cc(Cl)cc(Cl)c3)CC2)o1. The van der Waals surface area contributed by atoms with Gasteiger partial charge in [-0.1, -0.05) is 23.2 Å². The number of nitrogens with one attached hydrogen (secondary N) is 1. The molecule has 9 heteroatoms. The lowest BCUT2D eigenvalue weighted by atomic mass is 9.93. The van der Waals surface area contributed by atoms with Crippen LogP contribution in [0.2, 0.25) is 10.0 Å². The van der Waals surface area contributed by atoms with E-state index in [1.165, 1.54) is 18.2 Å². The molecule has 1 aromatic carbocycles. The number of halogens is 3. The van der Waals surface area contributed by atoms with E-state index in [0.717, 1.165) is 0 Å². The highest BCUT2D eigenvalue weighted by Gasteiger charge is 2.35. The Kier molecular flexibility index (Phi) is 7.06. The topological polar surface area (TPSA) is 82.8 Å². The molecule has 30 heavy (non-hydrogen) atoms. The minimum absolute atomic E-state index is 0.0924. The van der Waals surface area contributed by atoms with E-state index in [9.17, 15) is 9.59 Å². The van der Waals surface area contributed by atoms with E-state index in [0.29, 0.717) is 41.2 Å². The molecule has 1 aliphatic rings. The fourth-order valence-corrected chi connectivity index (χ4v) is 3.89. The van der Waals surface area contributed by atoms with Crippen LogP contribution in [0.4, 0.5) is 4.39 Å². The van der Waals surface area contributed by atoms with Crippen LogP contribution in [0, 0.1) is 0 Å². The maximum absolute atomic E-state index is 15.1. The standard InChI is InChI=1S/C21H23Cl2FN2O4/c1-13(20(28)29)18-3-2-17(30-18)11-26-6-4-21(24,5-7-26)12-25-19(27)14-8-15(22)10-16(23)9-14/h2-3,8-10,13H,4-7,11-12H2,1H3,(H,25,27)(H,28,29). The van der Waals surface area contributed by atoms with E-state index in [-0.39, 0.29) is 24.9 Å². The summed E-state index contributed by atoms with van der Waals surface area (Å²) in [7, 11) is 0. The minimum atomic E-state index is -1.50. The molecule has 1 aromatic heterocycles. The molecule has 1 unspecified atom stereocenters. The lowest BCUT2D eigenvalue weighted by Gasteiger charge is -2.36. The first-order valence-electron chi connectivity index (χ1n) is 9.62. The Morgan fingerprint density at radius 2 is 1.87 bits per heavy atom. The van der Waals surface area contributed by atoms with Crippen molar-refractivity contribution in [2.45, 2.75) is 37.9 Å². The number of aliphatic carboxylic acids is 1. The Morgan fingerprint density at radius 1 is 1.23 bits per heavy atom. The third-order valence-electron chi connectivity index (χ3n) is 5.30. The van der Waals surface area contributed by atoms with Gasteiger partial charge in [-0.3, -0.25) is 14.5 Å². The number of hydrogen-bond donors (Lipinski definition) is 2. The van der Waals surface area contributed by atoms with Gasteiger partial charge in [0, 0.05) is 28.7 Å². The van der Waals surface area contributed by atoms with E-state index in [2.05, 4.69) is 5.32 Å². The van der Waals surface area contributed by atoms with Crippen LogP contribution < -0.4 is 5.32 Å². The van der Waals surface area contributed by atoms with Gasteiger partial charge in [0.05, 0.1) is 13.1 Å². The summed E-state index contributed by atoms with van der Waals surface area (Å²) in [6, 6.07) is 7.91. The number of carbonyl (C=O) groups excluding carboxylic acids is 1. The number of piperidine rings is 1. The second kappa shape index (κ2) is 9.37. The molecule has 1 saturated heterocycles. The molecule has 162 valence electrons. The van der Waals surface area contributed by atoms with Gasteiger partial charge in [-0.2, -0.15) is 0 Å². The molecule has 3 rings (SSSR count). The summed E-state index contributed by atoms with van der Waals surface area (Å²) < 4.78 is 20.7. The van der Waals surface area contributed by atoms with Crippen LogP contribution in [-0.4, -0.2) is 47.2 Å². The normalized spacial score (nSPS) is 17.5. The summed E-state index contributed by atoms with van der Waals surface area (Å²) in [5.74, 6) is -1.03. The highest BCUT2D eigenvalue weighted by atomic mass is 35.5. The highest BCUT2D eigenvalue weighted by molar-refractivity contribution is 6.35. The van der Waals surface area contributed by atoms with Gasteiger partial charge in [0.25, 0.3) is 5.91 Å². The zero-order chi connectivity index (χ0) is 21.9. The maximum atomic E-state index is 15.1. The molecule has 1 fully saturated rings. The number of carboxylic acid groups (broad SMARTS) is 1. The molecule has 0 radical (unpaired) electrons. The van der Waals surface area contributed by atoms with E-state index in [4.69, 9.17) is 32.7 Å². The van der Waals surface area contributed by atoms with Crippen LogP contribution in [0.15, 0.2) is 34.7 Å². The first kappa shape index (κ1) is 22.6. The zero-order valence-corrected chi connectivity index (χ0v) is 18.0. The smallest absolute Gasteiger partial charge is 0.313 e. The molecular formula is C21H23Cl2FN2O4. The van der Waals surface area contributed by atoms with Gasteiger partial charge in [-0.15, -0.1) is 0 Å². The number of amides is 1. The average Bonchev–Trinajstić information content (AvgIpc) is 3.15. The Bertz CT molecular complexity index is 905. The molecule has 2 heterocycles. The molecule has 2 aromatic rings. The molecule has 1 amide bonds. The predicted molar refractivity (Wildman–Crippen MR) is 112 cm³/mol. The summed E-state index contributed by atoms with van der Waals surface area (Å²) in [4.78, 5) is 25.4. The van der Waals surface area contributed by atoms with Gasteiger partial charge in [0.2, 0.25) is 0 Å². The summed E-state index contributed by atoms with van der Waals surface area (Å²) >= 11 is 11.8. The van der Waals surface area contributed by atoms with Gasteiger partial charge in [-0.25, -0.2) is 4.39 Å². The highest BCUT2D eigenvalue weighted by Crippen LogP contribution is 2.28. The van der Waals surface area contributed by atoms with Crippen LogP contribution >= 0.6 is 23.2 Å². The molecule has 2 N–H and O–H groups in total. The minimum Gasteiger partial charge on any atom is -0.481 e. The quantitative estimate of drug-likeness (QED) is 0.640. The molecule has 0 spiro atoms. The lowest BCUT2D eigenvalue weighted by Crippen LogP contribution is -2.48. The number of rotatable bonds is 7. The predicted octanol–water partition coefficient (Wildman–Crippen LogP) is 4.51. The summed E-state index contributed by atoms with van der Waals surface area (Å²) in [6.07, 6.45) is 0.533. The van der Waals surface area contributed by atoms with Crippen LogP contribution in [-0.2, 0) is 11.3 Å². The molecular weight excluding hydrogens is 434 g/mol. The number of likely N-dealkylation sites (tertiary alicyclic amines) is 1. The van der Waals surface area contributed by atoms with Crippen molar-refractivity contribution in [3.05, 3.63) is 57.5 Å². The Balaban J connectivity index is 1.49. The summed E-state index contributed by atoms with van der Waals surface area (Å²) in [5.41, 5.74) is -1.21. The number of carbonyl (C=O) groups is 2. The monoisotopic (exact) mass is 456 g/mol. The Morgan fingerprint density at radius 3 is 2.47 bits per heavy atom. The third-order valence-corrected chi connectivity index (χ3v) is 5.74. The van der Waals surface area contributed by atoms with E-state index >= 15 is 4.39 Å². The van der Waals surface area contributed by atoms with Crippen molar-refractivity contribution < 1.29 is 23.5 Å². The number of nitrogens with zero attached hydrogens (tertiary/aromatic N) is 1. The van der Waals surface area contributed by atoms with Gasteiger partial charge in [0.1, 0.15) is 23.1 Å². The maximum Gasteiger partial charge on any atom is 0.313 e. The van der Waals surface area contributed by atoms with Crippen LogP contribution in [0.25, 0.3) is 0 Å². The van der Waals surface area contributed by atoms with E-state index in [1.807, 2.05) is 4.90 Å². The van der Waals surface area contributed by atoms with Crippen LogP contribution in [0.1, 0.15) is 47.6 Å². The second-order valence-electron chi connectivity index (χ2n) is 7.63. The van der Waals surface area contributed by atoms with Crippen molar-refractivity contribution in [2.75, 3.05) is 19.6 Å². The van der Waals surface area contributed by atoms with Crippen molar-refractivity contribution in [3.8, 4) is 0 Å². The second-order valence-corrected chi connectivity index (χ2v) is 8.50. The number of carboxylic acids is 1. The molecule has 1 atom stereocenters. The first-order valence-corrected chi connectivity index (χ1v) is 10.4. The fraction of sp³-hybridized carbons (Fsp3) is 0.429. The molecule has 6 nitrogen and oxygen atoms in total. The number of benzene rings is 1. The van der Waals surface area contributed by atoms with Crippen molar-refractivity contribution in [2.24, 2.45) is 0 Å². The number of hydrogen-bond acceptors (Lipinski definition) is 4. The van der Waals surface area contributed by atoms with Crippen molar-refractivity contribution >= 4 is 35.1 Å². The van der Waals surface area contributed by atoms with Crippen LogP contribution in [0.3, 0.4) is 0 Å². The molecule has 0 aliphatic carbocycles. The van der Waals surface area contributed by atoms with Crippen molar-refractivity contribution in [3.63, 3.8) is 0 Å². The Hall–Kier alpha value is -2.09. The van der Waals surface area contributed by atoms with E-state index in [1.54, 1.807) is 19.1 Å². The number of furan rings is 1. The molecule has 1 aliphatic heterocycles. The summed E-state index contributed by atoms with van der Waals surface area (Å²) in [5, 5.41) is 12.4. The summed E-state index contributed by atoms with van der Waals surface area (Å²) in [6.45, 7) is 2.95. The van der Waals surface area contributed by atoms with E-state index < -0.39 is 23.5 Å². The van der Waals surface area contributed by atoms with Crippen molar-refractivity contribution in [1.29, 1.82) is 0 Å². The largest absolute Gasteiger partial charge is 0.481 e. The fourth-order valence-electron chi connectivity index (χ4n) is 3.37. The molecule has 0 saturated carbocycles. The third kappa shape index (κ3) is 5.74. The number of alkyl halides is 1. The molecule has 0 bridgehead atoms. The lowest BCUT2D eigenvalue weighted by molar-refractivity contribution is -0.138. The zero-order valence-electron chi connectivity index (χ0n) is 16.5. The van der Waals surface area contributed by atoms with Crippen molar-refractivity contribution in [1.82, 2.24) is 10.2 Å². The van der Waals surface area contributed by atoms with Gasteiger partial charge in [0.15, 0.2) is 0 Å². The average molecular weight is 457 g/mol. The van der Waals surface area contributed by atoms with Crippen LogP contribution in [0.5, 0.6) is 0 Å². The van der Waals surface area contributed by atoms with Gasteiger partial charge < -0.3 is 14.8 Å². The van der Waals surface area contributed by atoms with Gasteiger partial charge >= 0.3 is 5.97 Å². The van der Waals surface area contributed by atoms with Gasteiger partial charge in [-0.05, 0) is 50.1 Å².